The van der Waals surface area contributed by atoms with Gasteiger partial charge in [-0.1, -0.05) is 30.3 Å². The largest absolute Gasteiger partial charge is 0.508 e. The zero-order valence-electron chi connectivity index (χ0n) is 8.53. The summed E-state index contributed by atoms with van der Waals surface area (Å²) in [6.07, 6.45) is 1.57. The van der Waals surface area contributed by atoms with Crippen molar-refractivity contribution in [3.63, 3.8) is 0 Å². The van der Waals surface area contributed by atoms with Crippen LogP contribution in [0.3, 0.4) is 0 Å². The summed E-state index contributed by atoms with van der Waals surface area (Å²) >= 11 is 0. The molecule has 0 aliphatic rings. The molecule has 0 aromatic heterocycles. The number of hydrogen-bond acceptors (Lipinski definition) is 1. The summed E-state index contributed by atoms with van der Waals surface area (Å²) in [5, 5.41) is 12.0. The van der Waals surface area contributed by atoms with Crippen molar-refractivity contribution < 1.29 is 5.11 Å². The first-order valence-corrected chi connectivity index (χ1v) is 5.17. The lowest BCUT2D eigenvalue weighted by molar-refractivity contribution is 0.468. The molecule has 0 atom stereocenters. The molecule has 15 heavy (non-hydrogen) atoms. The molecule has 0 unspecified atom stereocenters. The highest BCUT2D eigenvalue weighted by Gasteiger charge is 2.05. The van der Waals surface area contributed by atoms with E-state index in [4.69, 9.17) is 5.73 Å². The van der Waals surface area contributed by atoms with E-state index in [1.54, 1.807) is 6.07 Å². The number of nitrogens with one attached hydrogen (secondary N) is 1. The summed E-state index contributed by atoms with van der Waals surface area (Å²) in [5.41, 5.74) is 8.12. The molecule has 0 fully saturated rings. The van der Waals surface area contributed by atoms with Gasteiger partial charge in [-0.05, 0) is 29.7 Å². The summed E-state index contributed by atoms with van der Waals surface area (Å²) in [6, 6.07) is 11.7. The summed E-state index contributed by atoms with van der Waals surface area (Å²) in [7, 11) is 0. The third-order valence-corrected chi connectivity index (χ3v) is 2.62. The van der Waals surface area contributed by atoms with Gasteiger partial charge in [-0.3, -0.25) is 5.73 Å². The molecule has 0 saturated carbocycles. The van der Waals surface area contributed by atoms with Gasteiger partial charge in [0.25, 0.3) is 0 Å². The molecular formula is C13H14NO. The molecule has 0 aliphatic carbocycles. The Balaban J connectivity index is 2.53. The average molecular weight is 200 g/mol. The highest BCUT2D eigenvalue weighted by molar-refractivity contribution is 5.87. The second-order valence-corrected chi connectivity index (χ2v) is 3.64. The van der Waals surface area contributed by atoms with Crippen molar-refractivity contribution in [1.82, 2.24) is 5.73 Å². The second-order valence-electron chi connectivity index (χ2n) is 3.64. The Hall–Kier alpha value is -1.54. The summed E-state index contributed by atoms with van der Waals surface area (Å²) in [4.78, 5) is 0. The van der Waals surface area contributed by atoms with E-state index in [2.05, 4.69) is 0 Å². The number of phenols is 1. The van der Waals surface area contributed by atoms with E-state index < -0.39 is 0 Å². The Kier molecular flexibility index (Phi) is 2.88. The lowest BCUT2D eigenvalue weighted by atomic mass is 10.00. The number of benzene rings is 2. The summed E-state index contributed by atoms with van der Waals surface area (Å²) in [5.74, 6) is 0.349. The van der Waals surface area contributed by atoms with Crippen molar-refractivity contribution in [1.29, 1.82) is 0 Å². The van der Waals surface area contributed by atoms with Crippen molar-refractivity contribution in [2.24, 2.45) is 0 Å². The standard InChI is InChI=1S/C13H14NO/c14-9-3-6-12-11-5-2-1-4-10(11)7-8-13(12)15/h1-2,4-5,7-8,14-15H,3,6,9H2. The minimum Gasteiger partial charge on any atom is -0.508 e. The maximum atomic E-state index is 9.77. The second kappa shape index (κ2) is 4.32. The molecule has 0 saturated heterocycles. The maximum absolute atomic E-state index is 9.77. The van der Waals surface area contributed by atoms with Crippen LogP contribution in [0.25, 0.3) is 10.8 Å². The highest BCUT2D eigenvalue weighted by atomic mass is 16.3. The summed E-state index contributed by atoms with van der Waals surface area (Å²) in [6.45, 7) is 0.405. The van der Waals surface area contributed by atoms with E-state index in [0.717, 1.165) is 29.2 Å². The van der Waals surface area contributed by atoms with Crippen LogP contribution in [0.5, 0.6) is 5.75 Å². The highest BCUT2D eigenvalue weighted by Crippen LogP contribution is 2.27. The van der Waals surface area contributed by atoms with Crippen LogP contribution in [0.1, 0.15) is 12.0 Å². The molecule has 1 radical (unpaired) electrons. The number of phenolic OH excluding ortho intramolecular Hbond substituents is 1. The maximum Gasteiger partial charge on any atom is 0.119 e. The van der Waals surface area contributed by atoms with Gasteiger partial charge in [-0.2, -0.15) is 0 Å². The van der Waals surface area contributed by atoms with Gasteiger partial charge >= 0.3 is 0 Å². The first-order valence-electron chi connectivity index (χ1n) is 5.17. The fraction of sp³-hybridized carbons (Fsp3) is 0.231. The zero-order chi connectivity index (χ0) is 10.7. The predicted molar refractivity (Wildman–Crippen MR) is 61.9 cm³/mol. The van der Waals surface area contributed by atoms with E-state index in [1.165, 1.54) is 0 Å². The first-order chi connectivity index (χ1) is 7.33. The Labute approximate surface area is 89.3 Å². The van der Waals surface area contributed by atoms with Crippen molar-refractivity contribution in [3.05, 3.63) is 42.0 Å². The minimum atomic E-state index is 0.349. The molecule has 2 heteroatoms. The molecule has 0 amide bonds. The van der Waals surface area contributed by atoms with Crippen LogP contribution < -0.4 is 5.73 Å². The Morgan fingerprint density at radius 1 is 1.07 bits per heavy atom. The van der Waals surface area contributed by atoms with Gasteiger partial charge in [0.05, 0.1) is 0 Å². The quantitative estimate of drug-likeness (QED) is 0.813. The molecule has 2 aromatic carbocycles. The van der Waals surface area contributed by atoms with Crippen molar-refractivity contribution >= 4 is 10.8 Å². The van der Waals surface area contributed by atoms with Crippen LogP contribution in [-0.2, 0) is 6.42 Å². The number of fused-ring (bicyclic) bond motifs is 1. The molecule has 0 aliphatic heterocycles. The lowest BCUT2D eigenvalue weighted by Crippen LogP contribution is -1.92. The SMILES string of the molecule is [NH]CCCc1c(O)ccc2ccccc12. The lowest BCUT2D eigenvalue weighted by Gasteiger charge is -2.08. The topological polar surface area (TPSA) is 44.0 Å². The minimum absolute atomic E-state index is 0.349. The van der Waals surface area contributed by atoms with E-state index in [9.17, 15) is 5.11 Å². The fourth-order valence-corrected chi connectivity index (χ4v) is 1.85. The van der Waals surface area contributed by atoms with Gasteiger partial charge in [-0.15, -0.1) is 0 Å². The Morgan fingerprint density at radius 3 is 2.67 bits per heavy atom. The van der Waals surface area contributed by atoms with Gasteiger partial charge < -0.3 is 5.11 Å². The first kappa shape index (κ1) is 9.99. The van der Waals surface area contributed by atoms with E-state index in [0.29, 0.717) is 12.3 Å². The van der Waals surface area contributed by atoms with Crippen molar-refractivity contribution in [2.45, 2.75) is 12.8 Å². The van der Waals surface area contributed by atoms with Gasteiger partial charge in [0, 0.05) is 12.1 Å². The van der Waals surface area contributed by atoms with Crippen LogP contribution in [0, 0.1) is 0 Å². The van der Waals surface area contributed by atoms with Gasteiger partial charge in [-0.25, -0.2) is 0 Å². The molecule has 2 N–H and O–H groups in total. The van der Waals surface area contributed by atoms with Crippen LogP contribution in [0.4, 0.5) is 0 Å². The number of aryl methyl sites for hydroxylation is 1. The zero-order valence-corrected chi connectivity index (χ0v) is 8.53. The number of aromatic hydroxyl groups is 1. The number of hydrogen-bond donors (Lipinski definition) is 1. The van der Waals surface area contributed by atoms with Crippen molar-refractivity contribution in [3.8, 4) is 5.75 Å². The van der Waals surface area contributed by atoms with Crippen LogP contribution in [0.15, 0.2) is 36.4 Å². The Bertz CT molecular complexity index is 465. The van der Waals surface area contributed by atoms with Gasteiger partial charge in [0.2, 0.25) is 0 Å². The molecule has 0 heterocycles. The molecule has 2 nitrogen and oxygen atoms in total. The van der Waals surface area contributed by atoms with Gasteiger partial charge in [0.1, 0.15) is 5.75 Å². The Morgan fingerprint density at radius 2 is 1.87 bits per heavy atom. The molecular weight excluding hydrogens is 186 g/mol. The van der Waals surface area contributed by atoms with E-state index >= 15 is 0 Å². The smallest absolute Gasteiger partial charge is 0.119 e. The molecule has 0 bridgehead atoms. The number of rotatable bonds is 3. The predicted octanol–water partition coefficient (Wildman–Crippen LogP) is 2.76. The van der Waals surface area contributed by atoms with Crippen LogP contribution in [-0.4, -0.2) is 11.7 Å². The average Bonchev–Trinajstić information content (AvgIpc) is 2.28. The molecule has 2 aromatic rings. The van der Waals surface area contributed by atoms with Crippen LogP contribution >= 0.6 is 0 Å². The molecule has 2 rings (SSSR count). The fourth-order valence-electron chi connectivity index (χ4n) is 1.85. The molecule has 0 spiro atoms. The van der Waals surface area contributed by atoms with E-state index in [-0.39, 0.29) is 0 Å². The molecule has 77 valence electrons. The van der Waals surface area contributed by atoms with Crippen molar-refractivity contribution in [2.75, 3.05) is 6.54 Å². The van der Waals surface area contributed by atoms with Gasteiger partial charge in [0.15, 0.2) is 0 Å². The van der Waals surface area contributed by atoms with E-state index in [1.807, 2.05) is 30.3 Å². The third kappa shape index (κ3) is 1.95. The monoisotopic (exact) mass is 200 g/mol. The third-order valence-electron chi connectivity index (χ3n) is 2.62. The van der Waals surface area contributed by atoms with Crippen LogP contribution in [0.2, 0.25) is 0 Å². The normalized spacial score (nSPS) is 10.7. The summed E-state index contributed by atoms with van der Waals surface area (Å²) < 4.78 is 0.